The Labute approximate surface area is 98.0 Å². The Balaban J connectivity index is 1.72. The highest BCUT2D eigenvalue weighted by Gasteiger charge is 2.26. The number of nitrogens with one attached hydrogen (secondary N) is 2. The minimum Gasteiger partial charge on any atom is -0.304 e. The van der Waals surface area contributed by atoms with Crippen LogP contribution in [0.15, 0.2) is 18.3 Å². The zero-order valence-corrected chi connectivity index (χ0v) is 9.47. The normalized spacial score (nSPS) is 14.9. The second-order valence-corrected chi connectivity index (χ2v) is 4.31. The van der Waals surface area contributed by atoms with Crippen molar-refractivity contribution >= 4 is 11.7 Å². The quantitative estimate of drug-likeness (QED) is 0.835. The molecule has 88 valence electrons. The summed E-state index contributed by atoms with van der Waals surface area (Å²) in [7, 11) is 1.80. The second kappa shape index (κ2) is 3.73. The van der Waals surface area contributed by atoms with Crippen molar-refractivity contribution in [2.24, 2.45) is 7.05 Å². The van der Waals surface area contributed by atoms with Crippen molar-refractivity contribution in [1.82, 2.24) is 20.0 Å². The molecule has 2 aromatic rings. The largest absolute Gasteiger partial charge is 0.304 e. The lowest BCUT2D eigenvalue weighted by molar-refractivity contribution is 0.102. The first-order valence-electron chi connectivity index (χ1n) is 5.58. The van der Waals surface area contributed by atoms with E-state index in [1.165, 1.54) is 12.8 Å². The van der Waals surface area contributed by atoms with E-state index in [1.54, 1.807) is 24.0 Å². The van der Waals surface area contributed by atoms with Gasteiger partial charge < -0.3 is 5.32 Å². The van der Waals surface area contributed by atoms with E-state index in [9.17, 15) is 4.79 Å². The zero-order valence-electron chi connectivity index (χ0n) is 9.47. The number of rotatable bonds is 3. The Morgan fingerprint density at radius 3 is 3.06 bits per heavy atom. The minimum atomic E-state index is -0.230. The summed E-state index contributed by atoms with van der Waals surface area (Å²) in [6, 6.07) is 3.56. The summed E-state index contributed by atoms with van der Waals surface area (Å²) in [5, 5.41) is 13.7. The third-order valence-corrected chi connectivity index (χ3v) is 2.80. The van der Waals surface area contributed by atoms with E-state index in [4.69, 9.17) is 0 Å². The molecule has 2 heterocycles. The van der Waals surface area contributed by atoms with Crippen LogP contribution in [0.1, 0.15) is 34.9 Å². The van der Waals surface area contributed by atoms with Gasteiger partial charge in [0.25, 0.3) is 5.91 Å². The zero-order chi connectivity index (χ0) is 11.8. The van der Waals surface area contributed by atoms with Gasteiger partial charge in [-0.15, -0.1) is 0 Å². The van der Waals surface area contributed by atoms with Gasteiger partial charge in [-0.05, 0) is 18.9 Å². The summed E-state index contributed by atoms with van der Waals surface area (Å²) in [4.78, 5) is 11.8. The average Bonchev–Trinajstić information content (AvgIpc) is 2.88. The molecule has 2 N–H and O–H groups in total. The first kappa shape index (κ1) is 10.1. The molecular weight excluding hydrogens is 218 g/mol. The fourth-order valence-corrected chi connectivity index (χ4v) is 1.72. The first-order chi connectivity index (χ1) is 8.22. The first-order valence-corrected chi connectivity index (χ1v) is 5.58. The molecule has 3 rings (SSSR count). The van der Waals surface area contributed by atoms with Crippen molar-refractivity contribution < 1.29 is 4.79 Å². The number of nitrogens with zero attached hydrogens (tertiary/aromatic N) is 3. The summed E-state index contributed by atoms with van der Waals surface area (Å²) in [6.07, 6.45) is 4.14. The summed E-state index contributed by atoms with van der Waals surface area (Å²) in [6.45, 7) is 0. The fourth-order valence-electron chi connectivity index (χ4n) is 1.72. The molecule has 2 aromatic heterocycles. The van der Waals surface area contributed by atoms with Gasteiger partial charge in [0.05, 0.1) is 0 Å². The van der Waals surface area contributed by atoms with Gasteiger partial charge in [-0.2, -0.15) is 10.2 Å². The second-order valence-electron chi connectivity index (χ2n) is 4.31. The molecule has 17 heavy (non-hydrogen) atoms. The molecule has 0 bridgehead atoms. The van der Waals surface area contributed by atoms with Crippen LogP contribution < -0.4 is 5.32 Å². The maximum Gasteiger partial charge on any atom is 0.277 e. The number of aryl methyl sites for hydroxylation is 1. The van der Waals surface area contributed by atoms with Gasteiger partial charge in [-0.1, -0.05) is 0 Å². The number of hydrogen-bond donors (Lipinski definition) is 2. The van der Waals surface area contributed by atoms with Crippen LogP contribution in [-0.4, -0.2) is 25.9 Å². The van der Waals surface area contributed by atoms with Crippen molar-refractivity contribution in [2.45, 2.75) is 18.8 Å². The van der Waals surface area contributed by atoms with Crippen LogP contribution in [0.25, 0.3) is 0 Å². The van der Waals surface area contributed by atoms with Crippen molar-refractivity contribution in [1.29, 1.82) is 0 Å². The third-order valence-electron chi connectivity index (χ3n) is 2.80. The minimum absolute atomic E-state index is 0.230. The van der Waals surface area contributed by atoms with Crippen LogP contribution in [0.4, 0.5) is 5.82 Å². The average molecular weight is 231 g/mol. The number of aromatic nitrogens is 4. The molecule has 0 spiro atoms. The van der Waals surface area contributed by atoms with E-state index >= 15 is 0 Å². The Morgan fingerprint density at radius 1 is 1.59 bits per heavy atom. The molecule has 0 aliphatic heterocycles. The Morgan fingerprint density at radius 2 is 2.41 bits per heavy atom. The van der Waals surface area contributed by atoms with Gasteiger partial charge in [0, 0.05) is 30.9 Å². The van der Waals surface area contributed by atoms with E-state index < -0.39 is 0 Å². The highest BCUT2D eigenvalue weighted by atomic mass is 16.2. The fraction of sp³-hybridized carbons (Fsp3) is 0.364. The lowest BCUT2D eigenvalue weighted by Gasteiger charge is -1.97. The van der Waals surface area contributed by atoms with Crippen molar-refractivity contribution in [3.63, 3.8) is 0 Å². The Kier molecular flexibility index (Phi) is 2.21. The molecule has 0 radical (unpaired) electrons. The predicted molar refractivity (Wildman–Crippen MR) is 61.7 cm³/mol. The molecule has 0 atom stereocenters. The number of carbonyl (C=O) groups is 1. The number of anilines is 1. The highest BCUT2D eigenvalue weighted by molar-refractivity contribution is 6.02. The van der Waals surface area contributed by atoms with Crippen LogP contribution >= 0.6 is 0 Å². The topological polar surface area (TPSA) is 75.6 Å². The molecule has 0 saturated heterocycles. The molecule has 1 amide bonds. The molecule has 1 saturated carbocycles. The predicted octanol–water partition coefficient (Wildman–Crippen LogP) is 1.27. The van der Waals surface area contributed by atoms with Crippen LogP contribution in [-0.2, 0) is 7.05 Å². The van der Waals surface area contributed by atoms with Crippen molar-refractivity contribution in [3.8, 4) is 0 Å². The summed E-state index contributed by atoms with van der Waals surface area (Å²) >= 11 is 0. The van der Waals surface area contributed by atoms with Gasteiger partial charge in [-0.3, -0.25) is 14.6 Å². The Bertz CT molecular complexity index is 552. The monoisotopic (exact) mass is 231 g/mol. The lowest BCUT2D eigenvalue weighted by atomic mass is 10.2. The van der Waals surface area contributed by atoms with Crippen LogP contribution in [0.5, 0.6) is 0 Å². The van der Waals surface area contributed by atoms with Crippen molar-refractivity contribution in [3.05, 3.63) is 29.7 Å². The van der Waals surface area contributed by atoms with Gasteiger partial charge in [-0.25, -0.2) is 0 Å². The molecule has 1 aliphatic carbocycles. The number of carbonyl (C=O) groups excluding carboxylic acids is 1. The number of H-pyrrole nitrogens is 1. The molecular formula is C11H13N5O. The summed E-state index contributed by atoms with van der Waals surface area (Å²) in [5.41, 5.74) is 1.47. The SMILES string of the molecule is Cn1ccc(NC(=O)c2cc(C3CC3)[nH]n2)n1. The Hall–Kier alpha value is -2.11. The molecule has 6 heteroatoms. The van der Waals surface area contributed by atoms with E-state index in [0.717, 1.165) is 5.69 Å². The van der Waals surface area contributed by atoms with E-state index in [1.807, 2.05) is 6.07 Å². The smallest absolute Gasteiger partial charge is 0.277 e. The molecule has 0 unspecified atom stereocenters. The standard InChI is InChI=1S/C11H13N5O/c1-16-5-4-10(15-16)12-11(17)9-6-8(13-14-9)7-2-3-7/h4-7H,2-3H2,1H3,(H,13,14)(H,12,15,17). The van der Waals surface area contributed by atoms with Crippen LogP contribution in [0, 0.1) is 0 Å². The molecule has 0 aromatic carbocycles. The number of amides is 1. The maximum absolute atomic E-state index is 11.8. The van der Waals surface area contributed by atoms with Gasteiger partial charge in [0.1, 0.15) is 0 Å². The molecule has 1 fully saturated rings. The number of hydrogen-bond acceptors (Lipinski definition) is 3. The van der Waals surface area contributed by atoms with E-state index in [-0.39, 0.29) is 5.91 Å². The third kappa shape index (κ3) is 2.06. The van der Waals surface area contributed by atoms with E-state index in [0.29, 0.717) is 17.4 Å². The van der Waals surface area contributed by atoms with Crippen LogP contribution in [0.3, 0.4) is 0 Å². The molecule has 1 aliphatic rings. The van der Waals surface area contributed by atoms with Crippen molar-refractivity contribution in [2.75, 3.05) is 5.32 Å². The maximum atomic E-state index is 11.8. The van der Waals surface area contributed by atoms with Gasteiger partial charge >= 0.3 is 0 Å². The van der Waals surface area contributed by atoms with Crippen LogP contribution in [0.2, 0.25) is 0 Å². The summed E-state index contributed by atoms with van der Waals surface area (Å²) < 4.78 is 1.63. The summed E-state index contributed by atoms with van der Waals surface area (Å²) in [5.74, 6) is 0.874. The van der Waals surface area contributed by atoms with Gasteiger partial charge in [0.2, 0.25) is 0 Å². The van der Waals surface area contributed by atoms with Gasteiger partial charge in [0.15, 0.2) is 11.5 Å². The lowest BCUT2D eigenvalue weighted by Crippen LogP contribution is -2.13. The van der Waals surface area contributed by atoms with E-state index in [2.05, 4.69) is 20.6 Å². The molecule has 6 nitrogen and oxygen atoms in total. The number of aromatic amines is 1. The highest BCUT2D eigenvalue weighted by Crippen LogP contribution is 2.38.